The summed E-state index contributed by atoms with van der Waals surface area (Å²) < 4.78 is 26.4. The van der Waals surface area contributed by atoms with Gasteiger partial charge in [0, 0.05) is 17.7 Å². The fourth-order valence-corrected chi connectivity index (χ4v) is 3.76. The lowest BCUT2D eigenvalue weighted by molar-refractivity contribution is -0.121. The SMILES string of the molecule is O=C(CNC(=O)c1cc(F)cc(F)c1)NC1CCCCC1Cc1ccccc1. The number of nitrogens with one attached hydrogen (secondary N) is 2. The Bertz CT molecular complexity index is 806. The van der Waals surface area contributed by atoms with Crippen molar-refractivity contribution in [2.45, 2.75) is 38.1 Å². The van der Waals surface area contributed by atoms with Crippen molar-refractivity contribution in [1.82, 2.24) is 10.6 Å². The molecule has 1 aliphatic carbocycles. The first-order valence-electron chi connectivity index (χ1n) is 9.59. The van der Waals surface area contributed by atoms with Crippen LogP contribution in [-0.4, -0.2) is 24.4 Å². The van der Waals surface area contributed by atoms with E-state index in [0.29, 0.717) is 12.0 Å². The monoisotopic (exact) mass is 386 g/mol. The maximum atomic E-state index is 13.2. The summed E-state index contributed by atoms with van der Waals surface area (Å²) in [6, 6.07) is 12.8. The quantitative estimate of drug-likeness (QED) is 0.797. The lowest BCUT2D eigenvalue weighted by Crippen LogP contribution is -2.46. The molecule has 3 rings (SSSR count). The Morgan fingerprint density at radius 3 is 2.36 bits per heavy atom. The van der Waals surface area contributed by atoms with Crippen molar-refractivity contribution in [2.24, 2.45) is 5.92 Å². The minimum atomic E-state index is -0.833. The van der Waals surface area contributed by atoms with E-state index in [0.717, 1.165) is 44.2 Å². The zero-order chi connectivity index (χ0) is 19.9. The van der Waals surface area contributed by atoms with E-state index in [1.54, 1.807) is 0 Å². The van der Waals surface area contributed by atoms with E-state index in [1.807, 2.05) is 18.2 Å². The molecule has 4 nitrogen and oxygen atoms in total. The van der Waals surface area contributed by atoms with Crippen molar-refractivity contribution in [2.75, 3.05) is 6.54 Å². The lowest BCUT2D eigenvalue weighted by Gasteiger charge is -2.32. The predicted octanol–water partition coefficient (Wildman–Crippen LogP) is 3.61. The van der Waals surface area contributed by atoms with Gasteiger partial charge < -0.3 is 10.6 Å². The van der Waals surface area contributed by atoms with Gasteiger partial charge in [-0.1, -0.05) is 43.2 Å². The largest absolute Gasteiger partial charge is 0.352 e. The number of benzene rings is 2. The molecular weight excluding hydrogens is 362 g/mol. The highest BCUT2D eigenvalue weighted by molar-refractivity contribution is 5.96. The summed E-state index contributed by atoms with van der Waals surface area (Å²) in [6.07, 6.45) is 5.07. The molecule has 0 bridgehead atoms. The molecule has 0 spiro atoms. The first-order chi connectivity index (χ1) is 13.5. The minimum Gasteiger partial charge on any atom is -0.352 e. The average Bonchev–Trinajstić information content (AvgIpc) is 2.68. The van der Waals surface area contributed by atoms with Gasteiger partial charge in [0.15, 0.2) is 0 Å². The number of hydrogen-bond donors (Lipinski definition) is 2. The second kappa shape index (κ2) is 9.44. The van der Waals surface area contributed by atoms with Crippen molar-refractivity contribution >= 4 is 11.8 Å². The van der Waals surface area contributed by atoms with Gasteiger partial charge in [0.25, 0.3) is 5.91 Å². The van der Waals surface area contributed by atoms with E-state index >= 15 is 0 Å². The Hall–Kier alpha value is -2.76. The Balaban J connectivity index is 1.53. The third-order valence-electron chi connectivity index (χ3n) is 5.13. The van der Waals surface area contributed by atoms with Crippen LogP contribution in [0.25, 0.3) is 0 Å². The average molecular weight is 386 g/mol. The highest BCUT2D eigenvalue weighted by Crippen LogP contribution is 2.27. The predicted molar refractivity (Wildman–Crippen MR) is 103 cm³/mol. The van der Waals surface area contributed by atoms with Crippen LogP contribution in [0.5, 0.6) is 0 Å². The molecule has 2 unspecified atom stereocenters. The molecule has 1 saturated carbocycles. The zero-order valence-corrected chi connectivity index (χ0v) is 15.6. The van der Waals surface area contributed by atoms with Crippen LogP contribution >= 0.6 is 0 Å². The smallest absolute Gasteiger partial charge is 0.251 e. The molecule has 2 aromatic carbocycles. The van der Waals surface area contributed by atoms with Crippen LogP contribution in [0.1, 0.15) is 41.6 Å². The zero-order valence-electron chi connectivity index (χ0n) is 15.6. The van der Waals surface area contributed by atoms with Crippen molar-refractivity contribution in [1.29, 1.82) is 0 Å². The van der Waals surface area contributed by atoms with Crippen LogP contribution in [0, 0.1) is 17.6 Å². The highest BCUT2D eigenvalue weighted by Gasteiger charge is 2.26. The second-order valence-corrected chi connectivity index (χ2v) is 7.25. The second-order valence-electron chi connectivity index (χ2n) is 7.25. The van der Waals surface area contributed by atoms with Gasteiger partial charge in [0.1, 0.15) is 11.6 Å². The molecule has 2 N–H and O–H groups in total. The third kappa shape index (κ3) is 5.62. The van der Waals surface area contributed by atoms with E-state index in [2.05, 4.69) is 22.8 Å². The molecule has 0 radical (unpaired) electrons. The van der Waals surface area contributed by atoms with Crippen LogP contribution in [0.2, 0.25) is 0 Å². The Labute approximate surface area is 163 Å². The van der Waals surface area contributed by atoms with Gasteiger partial charge in [-0.15, -0.1) is 0 Å². The van der Waals surface area contributed by atoms with E-state index in [4.69, 9.17) is 0 Å². The first-order valence-corrected chi connectivity index (χ1v) is 9.59. The van der Waals surface area contributed by atoms with Crippen LogP contribution in [0.15, 0.2) is 48.5 Å². The van der Waals surface area contributed by atoms with Crippen LogP contribution < -0.4 is 10.6 Å². The molecule has 2 amide bonds. The van der Waals surface area contributed by atoms with E-state index in [9.17, 15) is 18.4 Å². The lowest BCUT2D eigenvalue weighted by atomic mass is 9.80. The number of carbonyl (C=O) groups is 2. The van der Waals surface area contributed by atoms with Crippen molar-refractivity contribution < 1.29 is 18.4 Å². The highest BCUT2D eigenvalue weighted by atomic mass is 19.1. The summed E-state index contributed by atoms with van der Waals surface area (Å²) in [5.41, 5.74) is 1.10. The van der Waals surface area contributed by atoms with Gasteiger partial charge in [0.05, 0.1) is 6.54 Å². The Morgan fingerprint density at radius 1 is 0.964 bits per heavy atom. The van der Waals surface area contributed by atoms with Gasteiger partial charge in [-0.3, -0.25) is 9.59 Å². The van der Waals surface area contributed by atoms with Crippen molar-refractivity contribution in [3.8, 4) is 0 Å². The molecule has 0 aliphatic heterocycles. The summed E-state index contributed by atoms with van der Waals surface area (Å²) in [4.78, 5) is 24.3. The fraction of sp³-hybridized carbons (Fsp3) is 0.364. The number of halogens is 2. The van der Waals surface area contributed by atoms with E-state index < -0.39 is 17.5 Å². The van der Waals surface area contributed by atoms with Gasteiger partial charge >= 0.3 is 0 Å². The van der Waals surface area contributed by atoms with Crippen molar-refractivity contribution in [3.63, 3.8) is 0 Å². The van der Waals surface area contributed by atoms with Crippen LogP contribution in [-0.2, 0) is 11.2 Å². The molecule has 1 aliphatic rings. The van der Waals surface area contributed by atoms with E-state index in [1.165, 1.54) is 5.56 Å². The minimum absolute atomic E-state index is 0.0602. The topological polar surface area (TPSA) is 58.2 Å². The molecule has 2 atom stereocenters. The van der Waals surface area contributed by atoms with Crippen molar-refractivity contribution in [3.05, 3.63) is 71.3 Å². The summed E-state index contributed by atoms with van der Waals surface area (Å²) in [5, 5.41) is 5.44. The molecule has 6 heteroatoms. The number of hydrogen-bond acceptors (Lipinski definition) is 2. The van der Waals surface area contributed by atoms with Gasteiger partial charge in [0.2, 0.25) is 5.91 Å². The summed E-state index contributed by atoms with van der Waals surface area (Å²) in [7, 11) is 0. The van der Waals surface area contributed by atoms with Gasteiger partial charge in [-0.2, -0.15) is 0 Å². The molecule has 0 heterocycles. The summed E-state index contributed by atoms with van der Waals surface area (Å²) in [6.45, 7) is -0.231. The summed E-state index contributed by atoms with van der Waals surface area (Å²) in [5.74, 6) is -2.29. The van der Waals surface area contributed by atoms with Crippen LogP contribution in [0.4, 0.5) is 8.78 Å². The molecule has 28 heavy (non-hydrogen) atoms. The molecule has 2 aromatic rings. The molecular formula is C22H24F2N2O2. The maximum Gasteiger partial charge on any atom is 0.251 e. The van der Waals surface area contributed by atoms with Gasteiger partial charge in [-0.05, 0) is 42.9 Å². The first kappa shape index (κ1) is 20.0. The number of rotatable bonds is 6. The third-order valence-corrected chi connectivity index (χ3v) is 5.13. The Kier molecular flexibility index (Phi) is 6.74. The van der Waals surface area contributed by atoms with E-state index in [-0.39, 0.29) is 24.1 Å². The fourth-order valence-electron chi connectivity index (χ4n) is 3.76. The molecule has 0 aromatic heterocycles. The normalized spacial score (nSPS) is 19.1. The molecule has 0 saturated heterocycles. The molecule has 1 fully saturated rings. The number of amides is 2. The summed E-state index contributed by atoms with van der Waals surface area (Å²) >= 11 is 0. The standard InChI is InChI=1S/C22H24F2N2O2/c23-18-11-17(12-19(24)13-18)22(28)25-14-21(27)26-20-9-5-4-8-16(20)10-15-6-2-1-3-7-15/h1-3,6-7,11-13,16,20H,4-5,8-10,14H2,(H,25,28)(H,26,27). The Morgan fingerprint density at radius 2 is 1.64 bits per heavy atom. The molecule has 148 valence electrons. The van der Waals surface area contributed by atoms with Gasteiger partial charge in [-0.25, -0.2) is 8.78 Å². The van der Waals surface area contributed by atoms with Crippen LogP contribution in [0.3, 0.4) is 0 Å². The number of carbonyl (C=O) groups excluding carboxylic acids is 2. The maximum absolute atomic E-state index is 13.2.